The van der Waals surface area contributed by atoms with Crippen molar-refractivity contribution in [3.05, 3.63) is 40.6 Å². The maximum absolute atomic E-state index is 12.2. The molecule has 0 spiro atoms. The zero-order chi connectivity index (χ0) is 18.5. The molecule has 0 saturated carbocycles. The molecule has 0 amide bonds. The first-order valence-electron chi connectivity index (χ1n) is 6.61. The molecule has 0 bridgehead atoms. The summed E-state index contributed by atoms with van der Waals surface area (Å²) in [6.45, 7) is 0. The number of hydrogen-bond donors (Lipinski definition) is 5. The van der Waals surface area contributed by atoms with Gasteiger partial charge >= 0.3 is 0 Å². The maximum atomic E-state index is 12.2. The molecule has 25 heavy (non-hydrogen) atoms. The second kappa shape index (κ2) is 5.40. The Morgan fingerprint density at radius 1 is 0.880 bits per heavy atom. The van der Waals surface area contributed by atoms with Crippen LogP contribution in [0.2, 0.25) is 0 Å². The van der Waals surface area contributed by atoms with Crippen LogP contribution in [0.3, 0.4) is 0 Å². The summed E-state index contributed by atoms with van der Waals surface area (Å²) in [6.07, 6.45) is 0. The van der Waals surface area contributed by atoms with E-state index in [9.17, 15) is 33.6 Å². The third kappa shape index (κ3) is 2.84. The lowest BCUT2D eigenvalue weighted by Crippen LogP contribution is -2.03. The van der Waals surface area contributed by atoms with Crippen LogP contribution in [0.1, 0.15) is 0 Å². The molecule has 0 atom stereocenters. The summed E-state index contributed by atoms with van der Waals surface area (Å²) >= 11 is 0. The first kappa shape index (κ1) is 16.6. The van der Waals surface area contributed by atoms with Gasteiger partial charge in [-0.1, -0.05) is 0 Å². The van der Waals surface area contributed by atoms with Crippen LogP contribution in [-0.2, 0) is 10.1 Å². The molecule has 0 aliphatic heterocycles. The molecule has 9 nitrogen and oxygen atoms in total. The first-order valence-corrected chi connectivity index (χ1v) is 8.05. The molecule has 2 aromatic carbocycles. The van der Waals surface area contributed by atoms with Crippen molar-refractivity contribution in [2.45, 2.75) is 4.90 Å². The van der Waals surface area contributed by atoms with Gasteiger partial charge in [-0.15, -0.1) is 0 Å². The quantitative estimate of drug-likeness (QED) is 0.423. The molecule has 3 rings (SSSR count). The van der Waals surface area contributed by atoms with Crippen molar-refractivity contribution in [1.82, 2.24) is 0 Å². The van der Waals surface area contributed by atoms with Crippen LogP contribution in [0.4, 0.5) is 0 Å². The predicted molar refractivity (Wildman–Crippen MR) is 84.4 cm³/mol. The van der Waals surface area contributed by atoms with Gasteiger partial charge in [-0.05, 0) is 12.1 Å². The zero-order valence-electron chi connectivity index (χ0n) is 12.2. The SMILES string of the molecule is O=c1c(O)c(-c2cc(O)cc(S(=O)(=O)O)c2)oc2cc(O)cc(O)c12. The summed E-state index contributed by atoms with van der Waals surface area (Å²) in [5.74, 6) is -3.10. The van der Waals surface area contributed by atoms with Crippen LogP contribution in [0, 0.1) is 0 Å². The van der Waals surface area contributed by atoms with E-state index in [1.54, 1.807) is 0 Å². The highest BCUT2D eigenvalue weighted by molar-refractivity contribution is 7.85. The number of rotatable bonds is 2. The van der Waals surface area contributed by atoms with Crippen molar-refractivity contribution in [1.29, 1.82) is 0 Å². The van der Waals surface area contributed by atoms with Gasteiger partial charge in [0.2, 0.25) is 11.2 Å². The molecular weight excluding hydrogens is 356 g/mol. The van der Waals surface area contributed by atoms with E-state index in [-0.39, 0.29) is 11.1 Å². The Hall–Kier alpha value is -3.24. The fourth-order valence-electron chi connectivity index (χ4n) is 2.33. The third-order valence-corrected chi connectivity index (χ3v) is 4.22. The topological polar surface area (TPSA) is 165 Å². The zero-order valence-corrected chi connectivity index (χ0v) is 13.0. The molecular formula is C15H10O9S. The molecule has 5 N–H and O–H groups in total. The largest absolute Gasteiger partial charge is 0.508 e. The minimum atomic E-state index is -4.68. The molecule has 3 aromatic rings. The summed E-state index contributed by atoms with van der Waals surface area (Å²) in [7, 11) is -4.68. The van der Waals surface area contributed by atoms with Crippen molar-refractivity contribution in [3.63, 3.8) is 0 Å². The maximum Gasteiger partial charge on any atom is 0.294 e. The molecule has 10 heteroatoms. The fraction of sp³-hybridized carbons (Fsp3) is 0. The number of fused-ring (bicyclic) bond motifs is 1. The van der Waals surface area contributed by atoms with Crippen LogP contribution in [0.5, 0.6) is 23.0 Å². The van der Waals surface area contributed by atoms with Gasteiger partial charge in [0.25, 0.3) is 10.1 Å². The molecule has 0 saturated heterocycles. The summed E-state index contributed by atoms with van der Waals surface area (Å²) in [5.41, 5.74) is -1.55. The highest BCUT2D eigenvalue weighted by atomic mass is 32.2. The van der Waals surface area contributed by atoms with Gasteiger partial charge in [0.15, 0.2) is 5.76 Å². The van der Waals surface area contributed by atoms with Crippen molar-refractivity contribution >= 4 is 21.1 Å². The van der Waals surface area contributed by atoms with E-state index in [1.807, 2.05) is 0 Å². The Bertz CT molecular complexity index is 1180. The number of phenols is 3. The second-order valence-electron chi connectivity index (χ2n) is 5.14. The summed E-state index contributed by atoms with van der Waals surface area (Å²) in [4.78, 5) is 11.5. The molecule has 0 radical (unpaired) electrons. The van der Waals surface area contributed by atoms with E-state index < -0.39 is 54.6 Å². The molecule has 0 aliphatic rings. The molecule has 1 heterocycles. The Labute approximate surface area is 139 Å². The van der Waals surface area contributed by atoms with Crippen molar-refractivity contribution in [2.24, 2.45) is 0 Å². The number of benzene rings is 2. The van der Waals surface area contributed by atoms with E-state index in [0.29, 0.717) is 0 Å². The third-order valence-electron chi connectivity index (χ3n) is 3.39. The van der Waals surface area contributed by atoms with Crippen LogP contribution >= 0.6 is 0 Å². The van der Waals surface area contributed by atoms with Crippen molar-refractivity contribution in [2.75, 3.05) is 0 Å². The van der Waals surface area contributed by atoms with E-state index in [4.69, 9.17) is 8.97 Å². The van der Waals surface area contributed by atoms with Crippen LogP contribution in [-0.4, -0.2) is 33.4 Å². The van der Waals surface area contributed by atoms with E-state index in [2.05, 4.69) is 0 Å². The smallest absolute Gasteiger partial charge is 0.294 e. The van der Waals surface area contributed by atoms with Gasteiger partial charge in [0.1, 0.15) is 28.2 Å². The monoisotopic (exact) mass is 366 g/mol. The Morgan fingerprint density at radius 2 is 1.52 bits per heavy atom. The van der Waals surface area contributed by atoms with E-state index in [0.717, 1.165) is 30.3 Å². The van der Waals surface area contributed by atoms with Gasteiger partial charge in [-0.2, -0.15) is 8.42 Å². The highest BCUT2D eigenvalue weighted by Crippen LogP contribution is 2.36. The lowest BCUT2D eigenvalue weighted by Gasteiger charge is -2.09. The standard InChI is InChI=1S/C15H10O9S/c16-7-1-6(2-9(3-7)25(21,22)23)15-14(20)13(19)12-10(18)4-8(17)5-11(12)24-15/h1-5,16-18,20H,(H,21,22,23). The molecule has 130 valence electrons. The predicted octanol–water partition coefficient (Wildman–Crippen LogP) is 1.53. The first-order chi connectivity index (χ1) is 11.6. The van der Waals surface area contributed by atoms with Gasteiger partial charge in [0.05, 0.1) is 4.90 Å². The molecule has 1 aromatic heterocycles. The highest BCUT2D eigenvalue weighted by Gasteiger charge is 2.21. The van der Waals surface area contributed by atoms with Crippen LogP contribution in [0.25, 0.3) is 22.3 Å². The fourth-order valence-corrected chi connectivity index (χ4v) is 2.88. The minimum absolute atomic E-state index is 0.230. The summed E-state index contributed by atoms with van der Waals surface area (Å²) in [5, 5.41) is 38.5. The van der Waals surface area contributed by atoms with E-state index in [1.165, 1.54) is 0 Å². The average Bonchev–Trinajstić information content (AvgIpc) is 2.48. The van der Waals surface area contributed by atoms with Gasteiger partial charge in [-0.25, -0.2) is 0 Å². The molecule has 0 fully saturated rings. The van der Waals surface area contributed by atoms with Gasteiger partial charge < -0.3 is 24.8 Å². The van der Waals surface area contributed by atoms with Gasteiger partial charge in [0, 0.05) is 23.8 Å². The van der Waals surface area contributed by atoms with E-state index >= 15 is 0 Å². The number of aromatic hydroxyl groups is 4. The number of phenolic OH excluding ortho intramolecular Hbond substituents is 3. The number of hydrogen-bond acceptors (Lipinski definition) is 8. The Balaban J connectivity index is 2.40. The summed E-state index contributed by atoms with van der Waals surface area (Å²) in [6, 6.07) is 4.49. The molecule has 0 aliphatic carbocycles. The average molecular weight is 366 g/mol. The lowest BCUT2D eigenvalue weighted by atomic mass is 10.1. The van der Waals surface area contributed by atoms with Crippen molar-refractivity contribution < 1.29 is 37.8 Å². The second-order valence-corrected chi connectivity index (χ2v) is 6.56. The normalized spacial score (nSPS) is 11.7. The lowest BCUT2D eigenvalue weighted by molar-refractivity contribution is 0.437. The minimum Gasteiger partial charge on any atom is -0.508 e. The van der Waals surface area contributed by atoms with Crippen LogP contribution < -0.4 is 5.43 Å². The summed E-state index contributed by atoms with van der Waals surface area (Å²) < 4.78 is 36.9. The van der Waals surface area contributed by atoms with Gasteiger partial charge in [-0.3, -0.25) is 9.35 Å². The molecule has 0 unspecified atom stereocenters. The van der Waals surface area contributed by atoms with Crippen molar-refractivity contribution in [3.8, 4) is 34.3 Å². The Kier molecular flexibility index (Phi) is 3.59. The Morgan fingerprint density at radius 3 is 2.16 bits per heavy atom. The van der Waals surface area contributed by atoms with Crippen LogP contribution in [0.15, 0.2) is 44.4 Å².